The molecule has 1 aliphatic carbocycles. The van der Waals surface area contributed by atoms with Gasteiger partial charge in [0.1, 0.15) is 5.75 Å². The Morgan fingerprint density at radius 1 is 1.21 bits per heavy atom. The van der Waals surface area contributed by atoms with Crippen molar-refractivity contribution in [2.45, 2.75) is 31.5 Å². The highest BCUT2D eigenvalue weighted by atomic mass is 32.1. The second-order valence-electron chi connectivity index (χ2n) is 8.40. The van der Waals surface area contributed by atoms with Crippen molar-refractivity contribution in [2.75, 3.05) is 17.0 Å². The van der Waals surface area contributed by atoms with Crippen molar-refractivity contribution in [3.8, 4) is 11.8 Å². The lowest BCUT2D eigenvalue weighted by Crippen LogP contribution is -2.38. The minimum absolute atomic E-state index is 0.0577. The average Bonchev–Trinajstić information content (AvgIpc) is 3.33. The third-order valence-electron chi connectivity index (χ3n) is 5.48. The van der Waals surface area contributed by atoms with E-state index in [4.69, 9.17) is 15.7 Å². The summed E-state index contributed by atoms with van der Waals surface area (Å²) in [5, 5.41) is 11.4. The first-order valence-corrected chi connectivity index (χ1v) is 12.3. The van der Waals surface area contributed by atoms with Crippen LogP contribution in [0.15, 0.2) is 48.5 Å². The van der Waals surface area contributed by atoms with Gasteiger partial charge in [0.15, 0.2) is 6.61 Å². The number of hydroxylamine groups is 1. The largest absolute Gasteiger partial charge is 0.493 e. The van der Waals surface area contributed by atoms with Crippen molar-refractivity contribution < 1.29 is 37.1 Å². The van der Waals surface area contributed by atoms with E-state index >= 15 is 0 Å². The number of hydrogen-bond donors (Lipinski definition) is 2. The van der Waals surface area contributed by atoms with Crippen molar-refractivity contribution >= 4 is 39.9 Å². The third kappa shape index (κ3) is 6.89. The second kappa shape index (κ2) is 11.5. The Bertz CT molecular complexity index is 1440. The molecule has 2 amide bonds. The fourth-order valence-electron chi connectivity index (χ4n) is 3.59. The molecule has 1 atom stereocenters. The maximum absolute atomic E-state index is 13.2. The Labute approximate surface area is 223 Å². The first kappa shape index (κ1) is 27.6. The van der Waals surface area contributed by atoms with Gasteiger partial charge in [-0.2, -0.15) is 18.4 Å². The fourth-order valence-corrected chi connectivity index (χ4v) is 4.73. The topological polar surface area (TPSA) is 148 Å². The molecule has 2 aromatic carbocycles. The number of hydrogen-bond acceptors (Lipinski definition) is 9. The van der Waals surface area contributed by atoms with Crippen LogP contribution in [0.25, 0.3) is 0 Å². The highest BCUT2D eigenvalue weighted by Crippen LogP contribution is 2.33. The normalized spacial score (nSPS) is 14.5. The van der Waals surface area contributed by atoms with E-state index in [2.05, 4.69) is 15.1 Å². The van der Waals surface area contributed by atoms with Crippen LogP contribution in [0.4, 0.5) is 24.0 Å². The number of amides is 2. The van der Waals surface area contributed by atoms with Gasteiger partial charge in [-0.25, -0.2) is 9.78 Å². The average molecular weight is 560 g/mol. The van der Waals surface area contributed by atoms with Gasteiger partial charge in [-0.05, 0) is 61.7 Å². The zero-order valence-electron chi connectivity index (χ0n) is 20.0. The summed E-state index contributed by atoms with van der Waals surface area (Å²) < 4.78 is 44.4. The molecule has 1 aromatic heterocycles. The Hall–Kier alpha value is -4.48. The van der Waals surface area contributed by atoms with Crippen molar-refractivity contribution in [3.63, 3.8) is 0 Å². The molecular weight excluding hydrogens is 539 g/mol. The van der Waals surface area contributed by atoms with E-state index in [0.29, 0.717) is 41.1 Å². The van der Waals surface area contributed by atoms with E-state index in [1.54, 1.807) is 0 Å². The van der Waals surface area contributed by atoms with Crippen LogP contribution in [0.5, 0.6) is 5.75 Å². The van der Waals surface area contributed by atoms with Crippen LogP contribution in [0.3, 0.4) is 0 Å². The molecule has 3 N–H and O–H groups in total. The number of rotatable bonds is 6. The van der Waals surface area contributed by atoms with Gasteiger partial charge in [-0.15, -0.1) is 5.06 Å². The molecule has 0 saturated carbocycles. The number of nitriles is 1. The summed E-state index contributed by atoms with van der Waals surface area (Å²) in [6.07, 6.45) is -3.85. The molecule has 3 aromatic rings. The lowest BCUT2D eigenvalue weighted by atomic mass is 9.99. The molecule has 1 aliphatic rings. The van der Waals surface area contributed by atoms with Gasteiger partial charge in [0, 0.05) is 22.2 Å². The van der Waals surface area contributed by atoms with Crippen LogP contribution in [-0.2, 0) is 27.3 Å². The number of aryl methyl sites for hydroxylation is 1. The van der Waals surface area contributed by atoms with Crippen LogP contribution in [0, 0.1) is 11.3 Å². The number of nitrogens with zero attached hydrogens (tertiary/aromatic N) is 3. The summed E-state index contributed by atoms with van der Waals surface area (Å²) in [6.45, 7) is -0.454. The van der Waals surface area contributed by atoms with Crippen molar-refractivity contribution in [2.24, 2.45) is 5.73 Å². The van der Waals surface area contributed by atoms with Crippen LogP contribution < -0.4 is 20.9 Å². The van der Waals surface area contributed by atoms with Crippen LogP contribution >= 0.6 is 11.3 Å². The minimum Gasteiger partial charge on any atom is -0.484 e. The molecule has 4 rings (SSSR count). The number of aromatic nitrogens is 1. The summed E-state index contributed by atoms with van der Waals surface area (Å²) in [5.41, 5.74) is 7.20. The lowest BCUT2D eigenvalue weighted by Gasteiger charge is -2.19. The van der Waals surface area contributed by atoms with E-state index in [1.165, 1.54) is 48.5 Å². The van der Waals surface area contributed by atoms with Gasteiger partial charge in [0.25, 0.3) is 11.8 Å². The molecule has 0 saturated heterocycles. The zero-order chi connectivity index (χ0) is 28.2. The fraction of sp³-hybridized carbons (Fsp3) is 0.240. The zero-order valence-corrected chi connectivity index (χ0v) is 20.8. The van der Waals surface area contributed by atoms with Gasteiger partial charge >= 0.3 is 12.1 Å². The molecule has 0 spiro atoms. The third-order valence-corrected chi connectivity index (χ3v) is 6.57. The molecule has 10 nitrogen and oxygen atoms in total. The number of carbonyl (C=O) groups excluding carboxylic acids is 3. The molecule has 0 fully saturated rings. The molecule has 0 unspecified atom stereocenters. The monoisotopic (exact) mass is 559 g/mol. The number of anilines is 2. The molecule has 14 heteroatoms. The summed E-state index contributed by atoms with van der Waals surface area (Å²) >= 11 is 0.912. The van der Waals surface area contributed by atoms with Crippen molar-refractivity contribution in [1.29, 1.82) is 5.26 Å². The number of benzene rings is 2. The molecular formula is C25H20F3N5O5S. The van der Waals surface area contributed by atoms with Gasteiger partial charge in [0.05, 0.1) is 17.3 Å². The quantitative estimate of drug-likeness (QED) is 0.436. The van der Waals surface area contributed by atoms with E-state index in [0.717, 1.165) is 11.3 Å². The second-order valence-corrected chi connectivity index (χ2v) is 9.46. The van der Waals surface area contributed by atoms with Crippen LogP contribution in [-0.4, -0.2) is 41.6 Å². The van der Waals surface area contributed by atoms with Crippen LogP contribution in [0.1, 0.15) is 32.9 Å². The predicted octanol–water partition coefficient (Wildman–Crippen LogP) is 3.52. The number of nitrogens with one attached hydrogen (secondary N) is 1. The van der Waals surface area contributed by atoms with E-state index in [1.807, 2.05) is 6.07 Å². The highest BCUT2D eigenvalue weighted by molar-refractivity contribution is 7.15. The van der Waals surface area contributed by atoms with Crippen molar-refractivity contribution in [1.82, 2.24) is 4.98 Å². The van der Waals surface area contributed by atoms with E-state index < -0.39 is 30.6 Å². The number of ether oxygens (including phenoxy) is 1. The molecule has 202 valence electrons. The summed E-state index contributed by atoms with van der Waals surface area (Å²) in [4.78, 5) is 46.5. The molecule has 0 bridgehead atoms. The number of carbonyl (C=O) groups is 3. The maximum Gasteiger partial charge on any atom is 0.493 e. The number of nitrogens with two attached hydrogens (primary N) is 1. The number of fused-ring (bicyclic) bond motifs is 1. The molecule has 39 heavy (non-hydrogen) atoms. The van der Waals surface area contributed by atoms with Crippen LogP contribution in [0.2, 0.25) is 0 Å². The van der Waals surface area contributed by atoms with Crippen molar-refractivity contribution in [3.05, 3.63) is 70.2 Å². The Balaban J connectivity index is 1.50. The Morgan fingerprint density at radius 2 is 1.95 bits per heavy atom. The first-order valence-electron chi connectivity index (χ1n) is 11.4. The van der Waals surface area contributed by atoms with Gasteiger partial charge < -0.3 is 20.6 Å². The van der Waals surface area contributed by atoms with Gasteiger partial charge in [-0.3, -0.25) is 9.59 Å². The standard InChI is InChI=1S/C25H20F3N5O5S/c26-25(27,28)23(36)38-33(24-32-19-9-6-16(30)11-20(19)39-24)22(35)15-2-1-3-18(10-15)37-13-21(34)31-17-7-4-14(12-29)5-8-17/h1-5,7-8,10,16H,6,9,11,13,30H2,(H,31,34)/t16-/m0/s1. The molecule has 0 radical (unpaired) electrons. The summed E-state index contributed by atoms with van der Waals surface area (Å²) in [5.74, 6) is -4.17. The summed E-state index contributed by atoms with van der Waals surface area (Å²) in [7, 11) is 0. The minimum atomic E-state index is -5.36. The highest BCUT2D eigenvalue weighted by Gasteiger charge is 2.44. The summed E-state index contributed by atoms with van der Waals surface area (Å²) in [6, 6.07) is 13.2. The Kier molecular flexibility index (Phi) is 8.12. The maximum atomic E-state index is 13.2. The van der Waals surface area contributed by atoms with Gasteiger partial charge in [-0.1, -0.05) is 17.4 Å². The van der Waals surface area contributed by atoms with E-state index in [9.17, 15) is 27.6 Å². The number of thiazole rings is 1. The predicted molar refractivity (Wildman–Crippen MR) is 133 cm³/mol. The van der Waals surface area contributed by atoms with E-state index in [-0.39, 0.29) is 27.5 Å². The SMILES string of the molecule is N#Cc1ccc(NC(=O)COc2cccc(C(=O)N(OC(=O)C(F)(F)F)c3nc4c(s3)C[C@@H](N)CC4)c2)cc1. The van der Waals surface area contributed by atoms with Gasteiger partial charge in [0.2, 0.25) is 5.13 Å². The number of alkyl halides is 3. The molecule has 0 aliphatic heterocycles. The molecule has 1 heterocycles. The number of halogens is 3. The smallest absolute Gasteiger partial charge is 0.484 e. The Morgan fingerprint density at radius 3 is 2.64 bits per heavy atom. The first-order chi connectivity index (χ1) is 18.5. The lowest BCUT2D eigenvalue weighted by molar-refractivity contribution is -0.199.